The number of nitrogen functional groups attached to an aromatic ring is 1. The monoisotopic (exact) mass is 248 g/mol. The second-order valence-corrected chi connectivity index (χ2v) is 4.25. The van der Waals surface area contributed by atoms with Gasteiger partial charge in [0, 0.05) is 19.5 Å². The third-order valence-corrected chi connectivity index (χ3v) is 2.99. The second-order valence-electron chi connectivity index (χ2n) is 4.25. The van der Waals surface area contributed by atoms with Gasteiger partial charge in [0.05, 0.1) is 11.4 Å². The van der Waals surface area contributed by atoms with Crippen molar-refractivity contribution in [3.8, 4) is 0 Å². The highest BCUT2D eigenvalue weighted by atomic mass is 16.2. The number of amides is 3. The summed E-state index contributed by atoms with van der Waals surface area (Å²) in [7, 11) is 0. The van der Waals surface area contributed by atoms with Crippen LogP contribution in [0.25, 0.3) is 0 Å². The van der Waals surface area contributed by atoms with Crippen LogP contribution in [-0.4, -0.2) is 25.0 Å². The molecule has 1 aromatic rings. The van der Waals surface area contributed by atoms with E-state index >= 15 is 0 Å². The number of anilines is 2. The van der Waals surface area contributed by atoms with Gasteiger partial charge >= 0.3 is 6.03 Å². The van der Waals surface area contributed by atoms with Gasteiger partial charge in [-0.2, -0.15) is 0 Å². The summed E-state index contributed by atoms with van der Waals surface area (Å²) in [6, 6.07) is 4.99. The number of fused-ring (bicyclic) bond motifs is 1. The highest BCUT2D eigenvalue weighted by molar-refractivity contribution is 5.93. The molecule has 0 spiro atoms. The van der Waals surface area contributed by atoms with Gasteiger partial charge in [0.2, 0.25) is 5.91 Å². The van der Waals surface area contributed by atoms with Crippen LogP contribution < -0.4 is 21.7 Å². The quantitative estimate of drug-likeness (QED) is 0.666. The first kappa shape index (κ1) is 12.2. The summed E-state index contributed by atoms with van der Waals surface area (Å²) in [5.74, 6) is -0.370. The van der Waals surface area contributed by atoms with Crippen molar-refractivity contribution in [2.24, 2.45) is 5.73 Å². The van der Waals surface area contributed by atoms with E-state index in [9.17, 15) is 9.59 Å². The highest BCUT2D eigenvalue weighted by Gasteiger charge is 2.21. The molecule has 1 aliphatic heterocycles. The van der Waals surface area contributed by atoms with E-state index < -0.39 is 6.03 Å². The molecule has 0 saturated heterocycles. The smallest absolute Gasteiger partial charge is 0.318 e. The number of para-hydroxylation sites is 1. The van der Waals surface area contributed by atoms with Crippen molar-refractivity contribution in [1.82, 2.24) is 5.32 Å². The Labute approximate surface area is 105 Å². The molecule has 0 aromatic heterocycles. The molecule has 1 aromatic carbocycles. The van der Waals surface area contributed by atoms with E-state index in [2.05, 4.69) is 4.90 Å². The Balaban J connectivity index is 1.98. The van der Waals surface area contributed by atoms with Gasteiger partial charge in [-0.05, 0) is 18.1 Å². The number of benzene rings is 1. The topological polar surface area (TPSA) is 101 Å². The molecule has 0 radical (unpaired) electrons. The van der Waals surface area contributed by atoms with Crippen LogP contribution in [-0.2, 0) is 11.2 Å². The predicted octanol–water partition coefficient (Wildman–Crippen LogP) is 0.216. The molecule has 0 aliphatic carbocycles. The lowest BCUT2D eigenvalue weighted by molar-refractivity contribution is -0.119. The molecule has 1 heterocycles. The van der Waals surface area contributed by atoms with E-state index in [1.54, 1.807) is 0 Å². The Hall–Kier alpha value is -2.24. The van der Waals surface area contributed by atoms with E-state index in [-0.39, 0.29) is 12.3 Å². The van der Waals surface area contributed by atoms with Crippen molar-refractivity contribution in [2.75, 3.05) is 23.7 Å². The van der Waals surface area contributed by atoms with E-state index in [1.807, 2.05) is 23.5 Å². The van der Waals surface area contributed by atoms with E-state index in [0.29, 0.717) is 6.54 Å². The molecule has 6 heteroatoms. The number of nitrogens with zero attached hydrogens (tertiary/aromatic N) is 1. The zero-order valence-electron chi connectivity index (χ0n) is 9.98. The number of primary amides is 1. The fourth-order valence-corrected chi connectivity index (χ4v) is 2.23. The Morgan fingerprint density at radius 1 is 1.39 bits per heavy atom. The molecule has 6 nitrogen and oxygen atoms in total. The van der Waals surface area contributed by atoms with Crippen molar-refractivity contribution in [2.45, 2.75) is 12.8 Å². The molecular weight excluding hydrogens is 232 g/mol. The molecule has 0 atom stereocenters. The summed E-state index contributed by atoms with van der Waals surface area (Å²) >= 11 is 0. The minimum Gasteiger partial charge on any atom is -0.397 e. The molecule has 96 valence electrons. The third kappa shape index (κ3) is 2.53. The second kappa shape index (κ2) is 4.95. The maximum atomic E-state index is 11.3. The Morgan fingerprint density at radius 3 is 2.89 bits per heavy atom. The minimum absolute atomic E-state index is 0.219. The van der Waals surface area contributed by atoms with Gasteiger partial charge < -0.3 is 16.4 Å². The Morgan fingerprint density at radius 2 is 2.17 bits per heavy atom. The fourth-order valence-electron chi connectivity index (χ4n) is 2.23. The number of carbonyl (C=O) groups is 2. The van der Waals surface area contributed by atoms with Crippen molar-refractivity contribution in [1.29, 1.82) is 0 Å². The van der Waals surface area contributed by atoms with Crippen molar-refractivity contribution >= 4 is 23.3 Å². The molecule has 2 rings (SSSR count). The van der Waals surface area contributed by atoms with E-state index in [1.165, 1.54) is 5.56 Å². The summed E-state index contributed by atoms with van der Waals surface area (Å²) in [6.07, 6.45) is 1.15. The number of rotatable bonds is 3. The Kier molecular flexibility index (Phi) is 3.36. The summed E-state index contributed by atoms with van der Waals surface area (Å²) in [4.78, 5) is 23.9. The largest absolute Gasteiger partial charge is 0.397 e. The molecule has 5 N–H and O–H groups in total. The molecular formula is C12H16N4O2. The molecule has 0 fully saturated rings. The van der Waals surface area contributed by atoms with Crippen molar-refractivity contribution in [3.05, 3.63) is 23.8 Å². The maximum Gasteiger partial charge on any atom is 0.318 e. The summed E-state index contributed by atoms with van der Waals surface area (Å²) in [5, 5.41) is 2.05. The summed E-state index contributed by atoms with van der Waals surface area (Å²) in [5.41, 5.74) is 13.7. The average Bonchev–Trinajstić information content (AvgIpc) is 2.70. The number of imide groups is 1. The number of hydrogen-bond acceptors (Lipinski definition) is 4. The van der Waals surface area contributed by atoms with Crippen LogP contribution in [0.5, 0.6) is 0 Å². The SMILES string of the molecule is NC(=O)NC(=O)CCN1CCc2cccc(N)c21. The van der Waals surface area contributed by atoms with Crippen LogP contribution in [0, 0.1) is 0 Å². The predicted molar refractivity (Wildman–Crippen MR) is 69.1 cm³/mol. The number of nitrogens with one attached hydrogen (secondary N) is 1. The van der Waals surface area contributed by atoms with Crippen molar-refractivity contribution in [3.63, 3.8) is 0 Å². The van der Waals surface area contributed by atoms with Gasteiger partial charge in [0.15, 0.2) is 0 Å². The van der Waals surface area contributed by atoms with Crippen LogP contribution in [0.4, 0.5) is 16.2 Å². The lowest BCUT2D eigenvalue weighted by Gasteiger charge is -2.20. The first-order valence-electron chi connectivity index (χ1n) is 5.79. The lowest BCUT2D eigenvalue weighted by Crippen LogP contribution is -2.37. The van der Waals surface area contributed by atoms with Gasteiger partial charge in [-0.1, -0.05) is 12.1 Å². The van der Waals surface area contributed by atoms with Gasteiger partial charge in [0.1, 0.15) is 0 Å². The zero-order chi connectivity index (χ0) is 13.1. The molecule has 18 heavy (non-hydrogen) atoms. The molecule has 3 amide bonds. The van der Waals surface area contributed by atoms with Crippen molar-refractivity contribution < 1.29 is 9.59 Å². The molecule has 0 saturated carbocycles. The molecule has 0 bridgehead atoms. The summed E-state index contributed by atoms with van der Waals surface area (Å²) in [6.45, 7) is 1.37. The van der Waals surface area contributed by atoms with Crippen LogP contribution >= 0.6 is 0 Å². The normalized spacial score (nSPS) is 13.2. The number of carbonyl (C=O) groups excluding carboxylic acids is 2. The number of hydrogen-bond donors (Lipinski definition) is 3. The molecule has 1 aliphatic rings. The molecule has 0 unspecified atom stereocenters. The fraction of sp³-hybridized carbons (Fsp3) is 0.333. The minimum atomic E-state index is -0.818. The average molecular weight is 248 g/mol. The highest BCUT2D eigenvalue weighted by Crippen LogP contribution is 2.33. The van der Waals surface area contributed by atoms with Gasteiger partial charge in [0.25, 0.3) is 0 Å². The van der Waals surface area contributed by atoms with E-state index in [4.69, 9.17) is 11.5 Å². The van der Waals surface area contributed by atoms with Crippen LogP contribution in [0.15, 0.2) is 18.2 Å². The lowest BCUT2D eigenvalue weighted by atomic mass is 10.1. The first-order valence-corrected chi connectivity index (χ1v) is 5.79. The van der Waals surface area contributed by atoms with Crippen LogP contribution in [0.1, 0.15) is 12.0 Å². The van der Waals surface area contributed by atoms with Gasteiger partial charge in [-0.25, -0.2) is 4.79 Å². The Bertz CT molecular complexity index is 487. The number of urea groups is 1. The zero-order valence-corrected chi connectivity index (χ0v) is 9.98. The van der Waals surface area contributed by atoms with Crippen LogP contribution in [0.2, 0.25) is 0 Å². The summed E-state index contributed by atoms with van der Waals surface area (Å²) < 4.78 is 0. The maximum absolute atomic E-state index is 11.3. The standard InChI is InChI=1S/C12H16N4O2/c13-9-3-1-2-8-4-6-16(11(8)9)7-5-10(17)15-12(14)18/h1-3H,4-7,13H2,(H3,14,15,17,18). The number of nitrogens with two attached hydrogens (primary N) is 2. The van der Waals surface area contributed by atoms with E-state index in [0.717, 1.165) is 24.3 Å². The third-order valence-electron chi connectivity index (χ3n) is 2.99. The van der Waals surface area contributed by atoms with Gasteiger partial charge in [-0.3, -0.25) is 10.1 Å². The van der Waals surface area contributed by atoms with Gasteiger partial charge in [-0.15, -0.1) is 0 Å². The van der Waals surface area contributed by atoms with Crippen LogP contribution in [0.3, 0.4) is 0 Å². The first-order chi connectivity index (χ1) is 8.58.